The van der Waals surface area contributed by atoms with E-state index in [0.29, 0.717) is 37.2 Å². The molecule has 5 heteroatoms. The Balaban J connectivity index is 1.75. The summed E-state index contributed by atoms with van der Waals surface area (Å²) in [6.45, 7) is 4.27. The summed E-state index contributed by atoms with van der Waals surface area (Å²) in [5.41, 5.74) is 1.88. The van der Waals surface area contributed by atoms with Crippen molar-refractivity contribution in [1.82, 2.24) is 0 Å². The molecule has 0 saturated carbocycles. The van der Waals surface area contributed by atoms with E-state index in [9.17, 15) is 9.90 Å². The third kappa shape index (κ3) is 5.25. The Labute approximate surface area is 171 Å². The molecule has 2 aromatic rings. The number of rotatable bonds is 8. The molecular formula is C24H27NO4. The van der Waals surface area contributed by atoms with Crippen LogP contribution in [0.25, 0.3) is 0 Å². The van der Waals surface area contributed by atoms with Crippen molar-refractivity contribution >= 4 is 11.5 Å². The Morgan fingerprint density at radius 2 is 1.72 bits per heavy atom. The number of ketones is 1. The molecule has 1 atom stereocenters. The fraction of sp³-hybridized carbons (Fsp3) is 0.333. The van der Waals surface area contributed by atoms with Gasteiger partial charge in [-0.25, -0.2) is 0 Å². The smallest absolute Gasteiger partial charge is 0.168 e. The molecule has 0 spiro atoms. The van der Waals surface area contributed by atoms with E-state index in [4.69, 9.17) is 9.57 Å². The second-order valence-electron chi connectivity index (χ2n) is 7.04. The van der Waals surface area contributed by atoms with Crippen LogP contribution in [0, 0.1) is 0 Å². The number of benzene rings is 2. The van der Waals surface area contributed by atoms with E-state index in [0.717, 1.165) is 23.5 Å². The first-order valence-electron chi connectivity index (χ1n) is 10.1. The predicted octanol–water partition coefficient (Wildman–Crippen LogP) is 5.93. The summed E-state index contributed by atoms with van der Waals surface area (Å²) >= 11 is 0. The number of nitrogens with zero attached hydrogens (tertiary/aromatic N) is 1. The number of carbonyl (C=O) groups excluding carboxylic acids is 1. The van der Waals surface area contributed by atoms with Gasteiger partial charge in [0.2, 0.25) is 0 Å². The van der Waals surface area contributed by atoms with E-state index < -0.39 is 0 Å². The Bertz CT molecular complexity index is 885. The molecule has 0 heterocycles. The Morgan fingerprint density at radius 1 is 1.03 bits per heavy atom. The Kier molecular flexibility index (Phi) is 7.06. The Morgan fingerprint density at radius 3 is 2.34 bits per heavy atom. The molecule has 0 aliphatic heterocycles. The number of aliphatic hydroxyl groups is 1. The summed E-state index contributed by atoms with van der Waals surface area (Å²) in [5.74, 6) is 1.46. The number of ether oxygens (including phenoxy) is 1. The van der Waals surface area contributed by atoms with Crippen molar-refractivity contribution in [2.24, 2.45) is 5.16 Å². The molecule has 0 bridgehead atoms. The van der Waals surface area contributed by atoms with Crippen LogP contribution < -0.4 is 4.74 Å². The summed E-state index contributed by atoms with van der Waals surface area (Å²) in [7, 11) is 0. The van der Waals surface area contributed by atoms with E-state index in [2.05, 4.69) is 5.16 Å². The molecule has 0 aromatic heterocycles. The van der Waals surface area contributed by atoms with Gasteiger partial charge in [-0.3, -0.25) is 4.79 Å². The standard InChI is InChI=1S/C24H27NO4/c1-3-8-21(25-28-4-2)24-22(26)15-18(16-23(24)27)17-11-13-20(14-12-17)29-19-9-6-5-7-10-19/h5-7,9-14,18,26H,3-4,8,15-16H2,1-2H3. The minimum Gasteiger partial charge on any atom is -0.511 e. The molecule has 3 rings (SSSR count). The van der Waals surface area contributed by atoms with Crippen LogP contribution in [-0.2, 0) is 9.63 Å². The number of allylic oxidation sites excluding steroid dienone is 2. The zero-order valence-corrected chi connectivity index (χ0v) is 16.9. The highest BCUT2D eigenvalue weighted by atomic mass is 16.6. The van der Waals surface area contributed by atoms with Gasteiger partial charge in [0.05, 0.1) is 11.3 Å². The first-order valence-corrected chi connectivity index (χ1v) is 10.1. The van der Waals surface area contributed by atoms with Crippen LogP contribution in [0.3, 0.4) is 0 Å². The number of hydrogen-bond acceptors (Lipinski definition) is 5. The monoisotopic (exact) mass is 393 g/mol. The summed E-state index contributed by atoms with van der Waals surface area (Å²) in [4.78, 5) is 17.9. The van der Waals surface area contributed by atoms with E-state index in [1.54, 1.807) is 0 Å². The molecule has 0 fully saturated rings. The molecular weight excluding hydrogens is 366 g/mol. The molecule has 0 saturated heterocycles. The van der Waals surface area contributed by atoms with Gasteiger partial charge in [-0.1, -0.05) is 48.8 Å². The van der Waals surface area contributed by atoms with Crippen LogP contribution >= 0.6 is 0 Å². The highest BCUT2D eigenvalue weighted by molar-refractivity contribution is 6.23. The lowest BCUT2D eigenvalue weighted by Gasteiger charge is -2.24. The lowest BCUT2D eigenvalue weighted by molar-refractivity contribution is -0.116. The second kappa shape index (κ2) is 9.92. The van der Waals surface area contributed by atoms with Crippen LogP contribution in [0.4, 0.5) is 0 Å². The quantitative estimate of drug-likeness (QED) is 0.446. The SMILES string of the molecule is CCCC(=NOCC)C1=C(O)CC(c2ccc(Oc3ccccc3)cc2)CC1=O. The summed E-state index contributed by atoms with van der Waals surface area (Å²) in [6.07, 6.45) is 2.17. The number of hydrogen-bond donors (Lipinski definition) is 1. The minimum atomic E-state index is -0.0877. The van der Waals surface area contributed by atoms with Gasteiger partial charge in [0, 0.05) is 12.8 Å². The molecule has 29 heavy (non-hydrogen) atoms. The van der Waals surface area contributed by atoms with Gasteiger partial charge in [0.25, 0.3) is 0 Å². The highest BCUT2D eigenvalue weighted by Gasteiger charge is 2.31. The number of para-hydroxylation sites is 1. The fourth-order valence-corrected chi connectivity index (χ4v) is 3.49. The first-order chi connectivity index (χ1) is 14.1. The molecule has 0 radical (unpaired) electrons. The minimum absolute atomic E-state index is 0.0630. The van der Waals surface area contributed by atoms with Gasteiger partial charge < -0.3 is 14.7 Å². The second-order valence-corrected chi connectivity index (χ2v) is 7.04. The number of carbonyl (C=O) groups is 1. The predicted molar refractivity (Wildman–Crippen MR) is 114 cm³/mol. The largest absolute Gasteiger partial charge is 0.511 e. The summed E-state index contributed by atoms with van der Waals surface area (Å²) < 4.78 is 5.82. The van der Waals surface area contributed by atoms with Crippen LogP contribution in [0.2, 0.25) is 0 Å². The maximum absolute atomic E-state index is 12.8. The van der Waals surface area contributed by atoms with Gasteiger partial charge in [-0.2, -0.15) is 0 Å². The lowest BCUT2D eigenvalue weighted by Crippen LogP contribution is -2.24. The molecule has 2 aromatic carbocycles. The van der Waals surface area contributed by atoms with Crippen molar-refractivity contribution in [1.29, 1.82) is 0 Å². The number of oxime groups is 1. The molecule has 0 amide bonds. The van der Waals surface area contributed by atoms with Gasteiger partial charge in [0.15, 0.2) is 5.78 Å². The molecule has 1 N–H and O–H groups in total. The lowest BCUT2D eigenvalue weighted by atomic mass is 9.81. The molecule has 1 aliphatic rings. The zero-order chi connectivity index (χ0) is 20.6. The molecule has 5 nitrogen and oxygen atoms in total. The van der Waals surface area contributed by atoms with Crippen molar-refractivity contribution in [2.45, 2.75) is 45.4 Å². The maximum Gasteiger partial charge on any atom is 0.168 e. The summed E-state index contributed by atoms with van der Waals surface area (Å²) in [5, 5.41) is 14.7. The maximum atomic E-state index is 12.8. The topological polar surface area (TPSA) is 68.1 Å². The van der Waals surface area contributed by atoms with Gasteiger partial charge >= 0.3 is 0 Å². The van der Waals surface area contributed by atoms with Crippen LogP contribution in [0.5, 0.6) is 11.5 Å². The average Bonchev–Trinajstić information content (AvgIpc) is 2.72. The van der Waals surface area contributed by atoms with E-state index >= 15 is 0 Å². The molecule has 1 unspecified atom stereocenters. The van der Waals surface area contributed by atoms with Crippen molar-refractivity contribution in [2.75, 3.05) is 6.61 Å². The van der Waals surface area contributed by atoms with Crippen molar-refractivity contribution < 1.29 is 19.5 Å². The van der Waals surface area contributed by atoms with Crippen LogP contribution in [-0.4, -0.2) is 23.2 Å². The first kappa shape index (κ1) is 20.6. The Hall–Kier alpha value is -3.08. The zero-order valence-electron chi connectivity index (χ0n) is 16.9. The van der Waals surface area contributed by atoms with Gasteiger partial charge in [-0.05, 0) is 49.1 Å². The molecule has 152 valence electrons. The van der Waals surface area contributed by atoms with Crippen LogP contribution in [0.1, 0.15) is 51.0 Å². The van der Waals surface area contributed by atoms with Gasteiger partial charge in [0.1, 0.15) is 23.9 Å². The van der Waals surface area contributed by atoms with Gasteiger partial charge in [-0.15, -0.1) is 0 Å². The normalized spacial score (nSPS) is 17.4. The third-order valence-electron chi connectivity index (χ3n) is 4.85. The number of Topliss-reactive ketones (excluding diaryl/α,β-unsaturated/α-hetero) is 1. The fourth-order valence-electron chi connectivity index (χ4n) is 3.49. The van der Waals surface area contributed by atoms with Crippen LogP contribution in [0.15, 0.2) is 71.1 Å². The number of aliphatic hydroxyl groups excluding tert-OH is 1. The van der Waals surface area contributed by atoms with E-state index in [-0.39, 0.29) is 17.5 Å². The van der Waals surface area contributed by atoms with E-state index in [1.165, 1.54) is 0 Å². The van der Waals surface area contributed by atoms with Crippen molar-refractivity contribution in [3.8, 4) is 11.5 Å². The summed E-state index contributed by atoms with van der Waals surface area (Å²) in [6, 6.07) is 17.3. The van der Waals surface area contributed by atoms with Crippen molar-refractivity contribution in [3.63, 3.8) is 0 Å². The van der Waals surface area contributed by atoms with Crippen molar-refractivity contribution in [3.05, 3.63) is 71.5 Å². The molecule has 1 aliphatic carbocycles. The average molecular weight is 393 g/mol. The van der Waals surface area contributed by atoms with E-state index in [1.807, 2.05) is 68.4 Å². The highest BCUT2D eigenvalue weighted by Crippen LogP contribution is 2.35. The third-order valence-corrected chi connectivity index (χ3v) is 4.85.